The van der Waals surface area contributed by atoms with E-state index >= 15 is 0 Å². The van der Waals surface area contributed by atoms with Gasteiger partial charge in [-0.2, -0.15) is 4.98 Å². The highest BCUT2D eigenvalue weighted by Crippen LogP contribution is 2.31. The van der Waals surface area contributed by atoms with Gasteiger partial charge in [-0.3, -0.25) is 4.79 Å². The van der Waals surface area contributed by atoms with E-state index in [4.69, 9.17) is 9.51 Å². The summed E-state index contributed by atoms with van der Waals surface area (Å²) in [6, 6.07) is 0.185. The van der Waals surface area contributed by atoms with Gasteiger partial charge >= 0.3 is 0 Å². The number of fused-ring (bicyclic) bond motifs is 1. The topological polar surface area (TPSA) is 84.2 Å². The molecule has 7 heteroatoms. The van der Waals surface area contributed by atoms with Crippen LogP contribution in [0.2, 0.25) is 0 Å². The highest BCUT2D eigenvalue weighted by atomic mass is 16.5. The average Bonchev–Trinajstić information content (AvgIpc) is 2.99. The summed E-state index contributed by atoms with van der Waals surface area (Å²) in [5.41, 5.74) is 1.33. The van der Waals surface area contributed by atoms with Crippen LogP contribution in [0.5, 0.6) is 0 Å². The third kappa shape index (κ3) is 4.57. The van der Waals surface area contributed by atoms with E-state index in [2.05, 4.69) is 41.1 Å². The molecule has 1 fully saturated rings. The number of rotatable bonds is 6. The normalized spacial score (nSPS) is 21.4. The molecule has 0 bridgehead atoms. The maximum Gasteiger partial charge on any atom is 0.263 e. The molecule has 0 saturated carbocycles. The first-order valence-electron chi connectivity index (χ1n) is 10.0. The van der Waals surface area contributed by atoms with E-state index in [0.29, 0.717) is 36.2 Å². The summed E-state index contributed by atoms with van der Waals surface area (Å²) in [5.74, 6) is 2.80. The van der Waals surface area contributed by atoms with Crippen molar-refractivity contribution in [3.63, 3.8) is 0 Å². The Morgan fingerprint density at radius 3 is 2.67 bits per heavy atom. The van der Waals surface area contributed by atoms with E-state index in [1.54, 1.807) is 0 Å². The van der Waals surface area contributed by atoms with Crippen LogP contribution in [0, 0.1) is 18.8 Å². The molecule has 2 aromatic rings. The highest BCUT2D eigenvalue weighted by Gasteiger charge is 2.27. The lowest BCUT2D eigenvalue weighted by atomic mass is 9.92. The predicted octanol–water partition coefficient (Wildman–Crippen LogP) is 3.26. The molecule has 7 nitrogen and oxygen atoms in total. The Labute approximate surface area is 160 Å². The fourth-order valence-electron chi connectivity index (χ4n) is 3.86. The van der Waals surface area contributed by atoms with Gasteiger partial charge < -0.3 is 14.7 Å². The second kappa shape index (κ2) is 8.23. The van der Waals surface area contributed by atoms with Crippen LogP contribution in [0.4, 0.5) is 5.82 Å². The number of aromatic nitrogens is 3. The fourth-order valence-corrected chi connectivity index (χ4v) is 3.86. The van der Waals surface area contributed by atoms with Gasteiger partial charge in [-0.15, -0.1) is 0 Å². The molecule has 2 aromatic heterocycles. The maximum absolute atomic E-state index is 12.1. The van der Waals surface area contributed by atoms with Crippen molar-refractivity contribution in [1.82, 2.24) is 20.4 Å². The van der Waals surface area contributed by atoms with E-state index < -0.39 is 0 Å². The molecule has 0 aromatic carbocycles. The maximum atomic E-state index is 12.1. The lowest BCUT2D eigenvalue weighted by Crippen LogP contribution is -2.39. The van der Waals surface area contributed by atoms with Crippen molar-refractivity contribution in [1.29, 1.82) is 0 Å². The number of amides is 1. The average molecular weight is 374 g/mol. The number of nitrogens with zero attached hydrogens (tertiary/aromatic N) is 4. The molecule has 148 valence electrons. The monoisotopic (exact) mass is 373 g/mol. The van der Waals surface area contributed by atoms with Crippen LogP contribution in [0.3, 0.4) is 0 Å². The summed E-state index contributed by atoms with van der Waals surface area (Å²) in [6.07, 6.45) is 3.01. The third-order valence-corrected chi connectivity index (χ3v) is 5.30. The molecule has 27 heavy (non-hydrogen) atoms. The quantitative estimate of drug-likeness (QED) is 0.837. The zero-order chi connectivity index (χ0) is 19.6. The second-order valence-electron chi connectivity index (χ2n) is 8.14. The van der Waals surface area contributed by atoms with Gasteiger partial charge in [0, 0.05) is 32.0 Å². The molecule has 0 aliphatic carbocycles. The molecule has 0 spiro atoms. The summed E-state index contributed by atoms with van der Waals surface area (Å²) < 4.78 is 5.43. The van der Waals surface area contributed by atoms with Crippen LogP contribution in [0.1, 0.15) is 58.5 Å². The minimum absolute atomic E-state index is 0.0311. The van der Waals surface area contributed by atoms with Gasteiger partial charge in [0.15, 0.2) is 0 Å². The number of nitrogens with one attached hydrogen (secondary N) is 1. The van der Waals surface area contributed by atoms with Gasteiger partial charge in [0.2, 0.25) is 5.91 Å². The fraction of sp³-hybridized carbons (Fsp3) is 0.700. The van der Waals surface area contributed by atoms with E-state index in [1.807, 2.05) is 13.8 Å². The van der Waals surface area contributed by atoms with Gasteiger partial charge in [-0.05, 0) is 38.5 Å². The molecule has 1 amide bonds. The summed E-state index contributed by atoms with van der Waals surface area (Å²) >= 11 is 0. The zero-order valence-corrected chi connectivity index (χ0v) is 17.1. The predicted molar refractivity (Wildman–Crippen MR) is 106 cm³/mol. The molecule has 1 saturated heterocycles. The molecule has 3 atom stereocenters. The molecular formula is C20H31N5O2. The number of aryl methyl sites for hydroxylation is 2. The first-order valence-corrected chi connectivity index (χ1v) is 10.0. The lowest BCUT2D eigenvalue weighted by molar-refractivity contribution is -0.121. The van der Waals surface area contributed by atoms with Gasteiger partial charge in [0.25, 0.3) is 5.71 Å². The summed E-state index contributed by atoms with van der Waals surface area (Å²) in [4.78, 5) is 23.8. The number of piperidine rings is 1. The minimum atomic E-state index is 0.0311. The van der Waals surface area contributed by atoms with Gasteiger partial charge in [-0.1, -0.05) is 25.9 Å². The highest BCUT2D eigenvalue weighted by molar-refractivity contribution is 5.88. The third-order valence-electron chi connectivity index (χ3n) is 5.30. The van der Waals surface area contributed by atoms with Crippen molar-refractivity contribution in [2.75, 3.05) is 18.0 Å². The summed E-state index contributed by atoms with van der Waals surface area (Å²) in [7, 11) is 0. The Kier molecular flexibility index (Phi) is 5.97. The molecule has 3 rings (SSSR count). The van der Waals surface area contributed by atoms with Crippen molar-refractivity contribution in [3.05, 3.63) is 11.5 Å². The number of carbonyl (C=O) groups excluding carboxylic acids is 1. The molecule has 1 aliphatic rings. The Hall–Kier alpha value is -2.18. The van der Waals surface area contributed by atoms with Crippen molar-refractivity contribution in [3.8, 4) is 0 Å². The van der Waals surface area contributed by atoms with Crippen LogP contribution < -0.4 is 10.2 Å². The van der Waals surface area contributed by atoms with Gasteiger partial charge in [0.1, 0.15) is 17.0 Å². The standard InChI is InChI=1S/C20H31N5O2/c1-6-14(4)21-17(26)8-7-16-22-19(18-15(5)24-27-20(18)23-16)25-10-12(2)9-13(3)11-25/h12-14H,6-11H2,1-5H3,(H,21,26). The number of hydrogen-bond acceptors (Lipinski definition) is 6. The molecule has 0 radical (unpaired) electrons. The summed E-state index contributed by atoms with van der Waals surface area (Å²) in [6.45, 7) is 12.5. The van der Waals surface area contributed by atoms with E-state index in [0.717, 1.165) is 36.4 Å². The number of carbonyl (C=O) groups is 1. The smallest absolute Gasteiger partial charge is 0.263 e. The number of anilines is 1. The van der Waals surface area contributed by atoms with E-state index in [-0.39, 0.29) is 11.9 Å². The van der Waals surface area contributed by atoms with Crippen molar-refractivity contribution in [2.45, 2.75) is 66.3 Å². The van der Waals surface area contributed by atoms with Crippen molar-refractivity contribution >= 4 is 22.8 Å². The van der Waals surface area contributed by atoms with Crippen molar-refractivity contribution in [2.24, 2.45) is 11.8 Å². The van der Waals surface area contributed by atoms with Crippen LogP contribution in [0.25, 0.3) is 11.1 Å². The zero-order valence-electron chi connectivity index (χ0n) is 17.1. The summed E-state index contributed by atoms with van der Waals surface area (Å²) in [5, 5.41) is 7.98. The largest absolute Gasteiger partial charge is 0.355 e. The second-order valence-corrected chi connectivity index (χ2v) is 8.14. The van der Waals surface area contributed by atoms with Crippen LogP contribution in [-0.2, 0) is 11.2 Å². The molecule has 1 N–H and O–H groups in total. The lowest BCUT2D eigenvalue weighted by Gasteiger charge is -2.36. The number of hydrogen-bond donors (Lipinski definition) is 1. The SMILES string of the molecule is CCC(C)NC(=O)CCc1nc(N2CC(C)CC(C)C2)c2c(C)noc2n1. The Morgan fingerprint density at radius 1 is 1.30 bits per heavy atom. The van der Waals surface area contributed by atoms with Crippen LogP contribution >= 0.6 is 0 Å². The van der Waals surface area contributed by atoms with Gasteiger partial charge in [-0.25, -0.2) is 4.98 Å². The Bertz CT molecular complexity index is 793. The minimum Gasteiger partial charge on any atom is -0.355 e. The first-order chi connectivity index (χ1) is 12.9. The van der Waals surface area contributed by atoms with Crippen LogP contribution in [0.15, 0.2) is 4.52 Å². The molecule has 1 aliphatic heterocycles. The first kappa shape index (κ1) is 19.6. The Morgan fingerprint density at radius 2 is 2.00 bits per heavy atom. The molecule has 3 unspecified atom stereocenters. The molecular weight excluding hydrogens is 342 g/mol. The van der Waals surface area contributed by atoms with E-state index in [9.17, 15) is 4.79 Å². The van der Waals surface area contributed by atoms with Gasteiger partial charge in [0.05, 0.1) is 5.69 Å². The van der Waals surface area contributed by atoms with Crippen molar-refractivity contribution < 1.29 is 9.32 Å². The Balaban J connectivity index is 1.84. The van der Waals surface area contributed by atoms with Crippen LogP contribution in [-0.4, -0.2) is 40.2 Å². The molecule has 3 heterocycles. The van der Waals surface area contributed by atoms with E-state index in [1.165, 1.54) is 6.42 Å².